The summed E-state index contributed by atoms with van der Waals surface area (Å²) in [7, 11) is -3.23. The van der Waals surface area contributed by atoms with Gasteiger partial charge < -0.3 is 4.57 Å². The Morgan fingerprint density at radius 3 is 2.59 bits per heavy atom. The number of fused-ring (bicyclic) bond motifs is 4. The van der Waals surface area contributed by atoms with Gasteiger partial charge in [0.05, 0.1) is 13.2 Å². The predicted molar refractivity (Wildman–Crippen MR) is 84.0 cm³/mol. The molecule has 0 aliphatic carbocycles. The van der Waals surface area contributed by atoms with Crippen LogP contribution in [0.3, 0.4) is 0 Å². The Morgan fingerprint density at radius 2 is 1.91 bits per heavy atom. The molecule has 22 heavy (non-hydrogen) atoms. The maximum absolute atomic E-state index is 13.0. The molecule has 122 valence electrons. The minimum Gasteiger partial charge on any atom is -0.312 e. The highest BCUT2D eigenvalue weighted by Crippen LogP contribution is 2.55. The van der Waals surface area contributed by atoms with E-state index in [4.69, 9.17) is 9.05 Å². The van der Waals surface area contributed by atoms with Crippen molar-refractivity contribution >= 4 is 7.75 Å². The van der Waals surface area contributed by atoms with E-state index in [0.29, 0.717) is 38.8 Å². The largest absolute Gasteiger partial charge is 0.408 e. The third kappa shape index (κ3) is 2.81. The minimum atomic E-state index is -3.23. The smallest absolute Gasteiger partial charge is 0.312 e. The van der Waals surface area contributed by atoms with Crippen molar-refractivity contribution in [2.75, 3.05) is 26.3 Å². The standard InChI is InChI=1S/C15H23N2O4P/c1-3-20-22(19,21-4-2)16-9-12-8-13(11-16)14-6-5-7-15(18)17(14)10-12/h5-7,12-13H,3-4,8-11H2,1-2H3/t12-,13-/m1/s1. The molecule has 0 N–H and O–H groups in total. The van der Waals surface area contributed by atoms with Crippen LogP contribution < -0.4 is 5.56 Å². The maximum Gasteiger partial charge on any atom is 0.408 e. The van der Waals surface area contributed by atoms with E-state index in [-0.39, 0.29) is 11.5 Å². The average molecular weight is 326 g/mol. The fourth-order valence-corrected chi connectivity index (χ4v) is 5.48. The van der Waals surface area contributed by atoms with Gasteiger partial charge in [0.2, 0.25) is 0 Å². The number of hydrogen-bond acceptors (Lipinski definition) is 4. The lowest BCUT2D eigenvalue weighted by Crippen LogP contribution is -2.46. The SMILES string of the molecule is CCOP(=O)(OCC)N1C[C@H]2C[C@H](C1)c1cccc(=O)n1C2. The fourth-order valence-electron chi connectivity index (χ4n) is 3.60. The van der Waals surface area contributed by atoms with Crippen LogP contribution >= 0.6 is 7.75 Å². The summed E-state index contributed by atoms with van der Waals surface area (Å²) in [6, 6.07) is 5.41. The van der Waals surface area contributed by atoms with E-state index in [1.165, 1.54) is 0 Å². The fraction of sp³-hybridized carbons (Fsp3) is 0.667. The van der Waals surface area contributed by atoms with E-state index < -0.39 is 7.75 Å². The number of hydrogen-bond donors (Lipinski definition) is 0. The van der Waals surface area contributed by atoms with Crippen LogP contribution in [0.5, 0.6) is 0 Å². The Kier molecular flexibility index (Phi) is 4.55. The lowest BCUT2D eigenvalue weighted by atomic mass is 9.84. The Hall–Kier alpha value is -0.940. The van der Waals surface area contributed by atoms with Crippen LogP contribution in [0.15, 0.2) is 23.0 Å². The molecule has 6 nitrogen and oxygen atoms in total. The van der Waals surface area contributed by atoms with E-state index in [2.05, 4.69) is 0 Å². The molecule has 0 amide bonds. The van der Waals surface area contributed by atoms with Crippen molar-refractivity contribution in [1.82, 2.24) is 9.24 Å². The first kappa shape index (κ1) is 15.9. The van der Waals surface area contributed by atoms with Crippen LogP contribution in [-0.4, -0.2) is 35.5 Å². The molecule has 1 aromatic rings. The summed E-state index contributed by atoms with van der Waals surface area (Å²) in [6.45, 7) is 6.31. The number of aromatic nitrogens is 1. The third-order valence-corrected chi connectivity index (χ3v) is 6.58. The van der Waals surface area contributed by atoms with Crippen LogP contribution in [0.25, 0.3) is 0 Å². The summed E-state index contributed by atoms with van der Waals surface area (Å²) in [5.41, 5.74) is 1.09. The number of pyridine rings is 1. The van der Waals surface area contributed by atoms with Crippen molar-refractivity contribution < 1.29 is 13.6 Å². The molecule has 3 heterocycles. The van der Waals surface area contributed by atoms with Crippen LogP contribution in [-0.2, 0) is 20.2 Å². The van der Waals surface area contributed by atoms with Gasteiger partial charge in [0.15, 0.2) is 0 Å². The van der Waals surface area contributed by atoms with E-state index >= 15 is 0 Å². The van der Waals surface area contributed by atoms with Gasteiger partial charge in [-0.25, -0.2) is 9.24 Å². The lowest BCUT2D eigenvalue weighted by molar-refractivity contribution is 0.117. The first-order valence-electron chi connectivity index (χ1n) is 7.91. The van der Waals surface area contributed by atoms with E-state index in [1.54, 1.807) is 12.1 Å². The van der Waals surface area contributed by atoms with Gasteiger partial charge in [0.25, 0.3) is 5.56 Å². The van der Waals surface area contributed by atoms with Gasteiger partial charge in [-0.1, -0.05) is 6.07 Å². The first-order chi connectivity index (χ1) is 10.6. The molecule has 0 spiro atoms. The molecule has 0 unspecified atom stereocenters. The number of rotatable bonds is 5. The Balaban J connectivity index is 1.89. The quantitative estimate of drug-likeness (QED) is 0.778. The van der Waals surface area contributed by atoms with Crippen LogP contribution in [0.4, 0.5) is 0 Å². The Bertz CT molecular complexity index is 635. The zero-order valence-electron chi connectivity index (χ0n) is 13.1. The van der Waals surface area contributed by atoms with Gasteiger partial charge in [-0.15, -0.1) is 0 Å². The molecule has 2 atom stereocenters. The topological polar surface area (TPSA) is 60.8 Å². The van der Waals surface area contributed by atoms with E-state index in [0.717, 1.165) is 12.1 Å². The first-order valence-corrected chi connectivity index (χ1v) is 9.41. The summed E-state index contributed by atoms with van der Waals surface area (Å²) in [6.07, 6.45) is 1.03. The minimum absolute atomic E-state index is 0.0541. The molecular formula is C15H23N2O4P. The van der Waals surface area contributed by atoms with Crippen molar-refractivity contribution in [2.24, 2.45) is 5.92 Å². The second-order valence-electron chi connectivity index (χ2n) is 5.87. The summed E-state index contributed by atoms with van der Waals surface area (Å²) < 4.78 is 27.7. The molecule has 2 bridgehead atoms. The molecule has 7 heteroatoms. The molecule has 1 saturated heterocycles. The summed E-state index contributed by atoms with van der Waals surface area (Å²) in [5, 5.41) is 0. The van der Waals surface area contributed by atoms with Crippen LogP contribution in [0.1, 0.15) is 31.9 Å². The molecule has 1 aromatic heterocycles. The Labute approximate surface area is 130 Å². The molecule has 1 fully saturated rings. The second-order valence-corrected chi connectivity index (χ2v) is 7.89. The second kappa shape index (κ2) is 6.28. The molecule has 0 radical (unpaired) electrons. The van der Waals surface area contributed by atoms with Crippen molar-refractivity contribution in [1.29, 1.82) is 0 Å². The monoisotopic (exact) mass is 326 g/mol. The average Bonchev–Trinajstić information content (AvgIpc) is 2.49. The van der Waals surface area contributed by atoms with Crippen molar-refractivity contribution in [3.63, 3.8) is 0 Å². The molecule has 2 aliphatic heterocycles. The van der Waals surface area contributed by atoms with Gasteiger partial charge in [-0.3, -0.25) is 13.8 Å². The summed E-state index contributed by atoms with van der Waals surface area (Å²) in [5.74, 6) is 0.510. The summed E-state index contributed by atoms with van der Waals surface area (Å²) in [4.78, 5) is 12.0. The highest BCUT2D eigenvalue weighted by atomic mass is 31.2. The number of nitrogens with zero attached hydrogens (tertiary/aromatic N) is 2. The molecule has 0 aromatic carbocycles. The van der Waals surface area contributed by atoms with Gasteiger partial charge in [-0.05, 0) is 32.3 Å². The van der Waals surface area contributed by atoms with Gasteiger partial charge in [-0.2, -0.15) is 0 Å². The highest BCUT2D eigenvalue weighted by Gasteiger charge is 2.42. The molecule has 2 aliphatic rings. The van der Waals surface area contributed by atoms with Crippen LogP contribution in [0.2, 0.25) is 0 Å². The lowest BCUT2D eigenvalue weighted by Gasteiger charge is -2.44. The van der Waals surface area contributed by atoms with Crippen molar-refractivity contribution in [3.8, 4) is 0 Å². The normalized spacial score (nSPS) is 25.0. The number of piperidine rings is 1. The van der Waals surface area contributed by atoms with Gasteiger partial charge in [0, 0.05) is 37.3 Å². The van der Waals surface area contributed by atoms with Gasteiger partial charge in [0.1, 0.15) is 0 Å². The third-order valence-electron chi connectivity index (χ3n) is 4.39. The summed E-state index contributed by atoms with van der Waals surface area (Å²) >= 11 is 0. The zero-order chi connectivity index (χ0) is 15.7. The predicted octanol–water partition coefficient (Wildman–Crippen LogP) is 2.45. The molecule has 3 rings (SSSR count). The highest BCUT2D eigenvalue weighted by molar-refractivity contribution is 7.51. The van der Waals surface area contributed by atoms with Gasteiger partial charge >= 0.3 is 7.75 Å². The van der Waals surface area contributed by atoms with E-state index in [1.807, 2.05) is 29.2 Å². The molecule has 0 saturated carbocycles. The van der Waals surface area contributed by atoms with Crippen LogP contribution in [0, 0.1) is 5.92 Å². The Morgan fingerprint density at radius 1 is 1.18 bits per heavy atom. The van der Waals surface area contributed by atoms with Crippen molar-refractivity contribution in [2.45, 2.75) is 32.7 Å². The maximum atomic E-state index is 13.0. The zero-order valence-corrected chi connectivity index (χ0v) is 14.0. The van der Waals surface area contributed by atoms with Crippen molar-refractivity contribution in [3.05, 3.63) is 34.2 Å². The van der Waals surface area contributed by atoms with E-state index in [9.17, 15) is 9.36 Å². The molecular weight excluding hydrogens is 303 g/mol.